The van der Waals surface area contributed by atoms with Crippen LogP contribution in [0, 0.1) is 5.92 Å². The van der Waals surface area contributed by atoms with E-state index in [1.165, 1.54) is 0 Å². The molecule has 0 bridgehead atoms. The zero-order valence-corrected chi connectivity index (χ0v) is 10.3. The van der Waals surface area contributed by atoms with Crippen molar-refractivity contribution in [2.45, 2.75) is 12.6 Å². The van der Waals surface area contributed by atoms with E-state index >= 15 is 0 Å². The summed E-state index contributed by atoms with van der Waals surface area (Å²) < 4.78 is 6.89. The third-order valence-electron chi connectivity index (χ3n) is 2.93. The summed E-state index contributed by atoms with van der Waals surface area (Å²) in [6.45, 7) is 1.41. The fourth-order valence-electron chi connectivity index (χ4n) is 1.88. The van der Waals surface area contributed by atoms with Gasteiger partial charge in [-0.05, 0) is 0 Å². The van der Waals surface area contributed by atoms with Crippen LogP contribution >= 0.6 is 0 Å². The largest absolute Gasteiger partial charge is 0.481 e. The van der Waals surface area contributed by atoms with E-state index in [1.807, 2.05) is 4.57 Å². The van der Waals surface area contributed by atoms with E-state index in [4.69, 9.17) is 9.84 Å². The lowest BCUT2D eigenvalue weighted by molar-refractivity contribution is -0.142. The van der Waals surface area contributed by atoms with Crippen LogP contribution < -0.4 is 10.6 Å². The van der Waals surface area contributed by atoms with E-state index in [1.54, 1.807) is 18.7 Å². The second-order valence-corrected chi connectivity index (χ2v) is 4.29. The summed E-state index contributed by atoms with van der Waals surface area (Å²) in [5, 5.41) is 14.2. The summed E-state index contributed by atoms with van der Waals surface area (Å²) in [6.07, 6.45) is 5.11. The molecule has 1 fully saturated rings. The van der Waals surface area contributed by atoms with Crippen molar-refractivity contribution in [2.24, 2.45) is 5.92 Å². The number of carboxylic acids is 1. The van der Waals surface area contributed by atoms with Crippen molar-refractivity contribution >= 4 is 12.0 Å². The van der Waals surface area contributed by atoms with Gasteiger partial charge in [0.1, 0.15) is 5.92 Å². The number of aliphatic carboxylic acids is 1. The normalized spacial score (nSPS) is 22.1. The molecule has 1 aliphatic heterocycles. The molecule has 0 spiro atoms. The number of nitrogens with zero attached hydrogens (tertiary/aromatic N) is 2. The second-order valence-electron chi connectivity index (χ2n) is 4.29. The minimum Gasteiger partial charge on any atom is -0.481 e. The number of aromatic nitrogens is 2. The molecular weight excluding hydrogens is 252 g/mol. The van der Waals surface area contributed by atoms with Gasteiger partial charge in [0.05, 0.1) is 25.6 Å². The lowest BCUT2D eigenvalue weighted by Gasteiger charge is -2.16. The number of hydrogen-bond donors (Lipinski definition) is 3. The number of hydrogen-bond acceptors (Lipinski definition) is 4. The Morgan fingerprint density at radius 3 is 3.00 bits per heavy atom. The molecule has 19 heavy (non-hydrogen) atoms. The summed E-state index contributed by atoms with van der Waals surface area (Å²) >= 11 is 0. The number of amides is 2. The second kappa shape index (κ2) is 6.19. The van der Waals surface area contributed by atoms with E-state index in [0.29, 0.717) is 13.1 Å². The number of ether oxygens (including phenoxy) is 1. The fraction of sp³-hybridized carbons (Fsp3) is 0.545. The zero-order chi connectivity index (χ0) is 13.7. The number of carbonyl (C=O) groups excluding carboxylic acids is 1. The van der Waals surface area contributed by atoms with Crippen molar-refractivity contribution in [2.75, 3.05) is 19.8 Å². The Kier molecular flexibility index (Phi) is 4.35. The van der Waals surface area contributed by atoms with Crippen LogP contribution in [0.3, 0.4) is 0 Å². The van der Waals surface area contributed by atoms with Crippen LogP contribution in [0.1, 0.15) is 0 Å². The molecule has 0 aliphatic carbocycles. The lowest BCUT2D eigenvalue weighted by atomic mass is 10.0. The van der Waals surface area contributed by atoms with Crippen molar-refractivity contribution in [1.29, 1.82) is 0 Å². The van der Waals surface area contributed by atoms with E-state index in [0.717, 1.165) is 0 Å². The maximum absolute atomic E-state index is 11.6. The smallest absolute Gasteiger partial charge is 0.315 e. The molecule has 1 aromatic rings. The number of urea groups is 1. The monoisotopic (exact) mass is 268 g/mol. The van der Waals surface area contributed by atoms with Crippen molar-refractivity contribution in [3.05, 3.63) is 18.7 Å². The minimum atomic E-state index is -0.957. The summed E-state index contributed by atoms with van der Waals surface area (Å²) in [4.78, 5) is 26.4. The molecular formula is C11H16N4O4. The first-order valence-corrected chi connectivity index (χ1v) is 5.97. The standard InChI is InChI=1S/C11H16N4O4/c16-10(17)8-5-19-6-9(8)14-11(18)13-2-4-15-3-1-12-7-15/h1,3,7-9H,2,4-6H2,(H,16,17)(H2,13,14,18). The van der Waals surface area contributed by atoms with E-state index in [9.17, 15) is 9.59 Å². The molecule has 2 heterocycles. The van der Waals surface area contributed by atoms with Crippen molar-refractivity contribution < 1.29 is 19.4 Å². The third-order valence-corrected chi connectivity index (χ3v) is 2.93. The Labute approximate surface area is 109 Å². The molecule has 2 amide bonds. The van der Waals surface area contributed by atoms with E-state index in [2.05, 4.69) is 15.6 Å². The van der Waals surface area contributed by atoms with Gasteiger partial charge in [0.15, 0.2) is 0 Å². The topological polar surface area (TPSA) is 105 Å². The van der Waals surface area contributed by atoms with Gasteiger partial charge in [-0.15, -0.1) is 0 Å². The molecule has 3 N–H and O–H groups in total. The molecule has 1 aliphatic rings. The highest BCUT2D eigenvalue weighted by molar-refractivity contribution is 5.77. The molecule has 8 nitrogen and oxygen atoms in total. The average molecular weight is 268 g/mol. The Hall–Kier alpha value is -2.09. The van der Waals surface area contributed by atoms with E-state index < -0.39 is 17.9 Å². The molecule has 8 heteroatoms. The summed E-state index contributed by atoms with van der Waals surface area (Å²) in [6, 6.07) is -0.868. The lowest BCUT2D eigenvalue weighted by Crippen LogP contribution is -2.47. The first-order valence-electron chi connectivity index (χ1n) is 5.97. The quantitative estimate of drug-likeness (QED) is 0.653. The predicted molar refractivity (Wildman–Crippen MR) is 64.5 cm³/mol. The molecule has 0 aromatic carbocycles. The van der Waals surface area contributed by atoms with Gasteiger partial charge in [0.2, 0.25) is 0 Å². The molecule has 0 radical (unpaired) electrons. The fourth-order valence-corrected chi connectivity index (χ4v) is 1.88. The van der Waals surface area contributed by atoms with Gasteiger partial charge in [0.25, 0.3) is 0 Å². The van der Waals surface area contributed by atoms with E-state index in [-0.39, 0.29) is 19.2 Å². The maximum Gasteiger partial charge on any atom is 0.315 e. The first-order chi connectivity index (χ1) is 9.16. The Morgan fingerprint density at radius 1 is 1.47 bits per heavy atom. The highest BCUT2D eigenvalue weighted by Crippen LogP contribution is 2.13. The number of rotatable bonds is 5. The van der Waals surface area contributed by atoms with Crippen molar-refractivity contribution in [3.63, 3.8) is 0 Å². The van der Waals surface area contributed by atoms with Crippen LogP contribution in [0.2, 0.25) is 0 Å². The van der Waals surface area contributed by atoms with Gasteiger partial charge in [-0.3, -0.25) is 4.79 Å². The van der Waals surface area contributed by atoms with Crippen molar-refractivity contribution in [3.8, 4) is 0 Å². The summed E-state index contributed by atoms with van der Waals surface area (Å²) in [5.74, 6) is -1.64. The van der Waals surface area contributed by atoms with Crippen LogP contribution in [-0.2, 0) is 16.1 Å². The van der Waals surface area contributed by atoms with Gasteiger partial charge in [-0.25, -0.2) is 9.78 Å². The zero-order valence-electron chi connectivity index (χ0n) is 10.3. The molecule has 1 aromatic heterocycles. The molecule has 0 saturated carbocycles. The number of nitrogens with one attached hydrogen (secondary N) is 2. The summed E-state index contributed by atoms with van der Waals surface area (Å²) in [5.41, 5.74) is 0. The minimum absolute atomic E-state index is 0.134. The number of carboxylic acid groups (broad SMARTS) is 1. The van der Waals surface area contributed by atoms with Crippen LogP contribution in [0.4, 0.5) is 4.79 Å². The average Bonchev–Trinajstić information content (AvgIpc) is 2.99. The Morgan fingerprint density at radius 2 is 2.32 bits per heavy atom. The maximum atomic E-state index is 11.6. The molecule has 2 unspecified atom stereocenters. The highest BCUT2D eigenvalue weighted by atomic mass is 16.5. The third kappa shape index (κ3) is 3.68. The number of imidazole rings is 1. The highest BCUT2D eigenvalue weighted by Gasteiger charge is 2.34. The molecule has 104 valence electrons. The van der Waals surface area contributed by atoms with Gasteiger partial charge in [0, 0.05) is 25.5 Å². The Balaban J connectivity index is 1.70. The van der Waals surface area contributed by atoms with Gasteiger partial charge in [-0.2, -0.15) is 0 Å². The molecule has 1 saturated heterocycles. The van der Waals surface area contributed by atoms with Gasteiger partial charge in [-0.1, -0.05) is 0 Å². The van der Waals surface area contributed by atoms with Crippen molar-refractivity contribution in [1.82, 2.24) is 20.2 Å². The predicted octanol–water partition coefficient (Wildman–Crippen LogP) is -0.718. The SMILES string of the molecule is O=C(NCCn1ccnc1)NC1COCC1C(=O)O. The molecule has 2 rings (SSSR count). The van der Waals surface area contributed by atoms with Crippen LogP contribution in [0.25, 0.3) is 0 Å². The number of carbonyl (C=O) groups is 2. The van der Waals surface area contributed by atoms with Crippen LogP contribution in [-0.4, -0.2) is 52.5 Å². The first kappa shape index (κ1) is 13.3. The summed E-state index contributed by atoms with van der Waals surface area (Å²) in [7, 11) is 0. The molecule has 2 atom stereocenters. The Bertz CT molecular complexity index is 434. The van der Waals surface area contributed by atoms with Crippen LogP contribution in [0.15, 0.2) is 18.7 Å². The van der Waals surface area contributed by atoms with Crippen LogP contribution in [0.5, 0.6) is 0 Å². The van der Waals surface area contributed by atoms with Gasteiger partial charge < -0.3 is 25.0 Å². The van der Waals surface area contributed by atoms with Gasteiger partial charge >= 0.3 is 12.0 Å².